The zero-order valence-electron chi connectivity index (χ0n) is 20.0. The van der Waals surface area contributed by atoms with Gasteiger partial charge in [-0.25, -0.2) is 9.97 Å². The Kier molecular flexibility index (Phi) is 4.73. The highest BCUT2D eigenvalue weighted by Crippen LogP contribution is 2.70. The molecule has 0 saturated heterocycles. The zero-order chi connectivity index (χ0) is 25.3. The summed E-state index contributed by atoms with van der Waals surface area (Å²) in [7, 11) is 0. The molecule has 0 bridgehead atoms. The second-order valence-electron chi connectivity index (χ2n) is 9.88. The predicted octanol–water partition coefficient (Wildman–Crippen LogP) is 6.87. The molecule has 7 rings (SSSR count). The Labute approximate surface area is 219 Å². The third-order valence-corrected chi connectivity index (χ3v) is 8.08. The lowest BCUT2D eigenvalue weighted by molar-refractivity contribution is 0.0906. The number of carbonyl (C=O) groups excluding carboxylic acids is 2. The first-order valence-electron chi connectivity index (χ1n) is 12.3. The van der Waals surface area contributed by atoms with Crippen molar-refractivity contribution in [3.63, 3.8) is 0 Å². The molecular weight excluding hydrogens is 480 g/mol. The largest absolute Gasteiger partial charge is 0.294 e. The SMILES string of the molecule is Cc1ccc(C(=O)[C@@H]2[C@@H](C(=O)c3ccc(Cl)cc3)[C@@]23c2ccccc2-c2nc4ccccc4nc23)cc1. The molecule has 4 aromatic carbocycles. The van der Waals surface area contributed by atoms with Crippen molar-refractivity contribution in [3.8, 4) is 11.3 Å². The number of Topliss-reactive ketones (excluding diaryl/α,β-unsaturated/α-hetero) is 2. The predicted molar refractivity (Wildman–Crippen MR) is 144 cm³/mol. The van der Waals surface area contributed by atoms with E-state index in [0.717, 1.165) is 33.4 Å². The number of aryl methyl sites for hydroxylation is 1. The van der Waals surface area contributed by atoms with Gasteiger partial charge in [0, 0.05) is 33.5 Å². The van der Waals surface area contributed by atoms with Crippen molar-refractivity contribution in [1.82, 2.24) is 9.97 Å². The van der Waals surface area contributed by atoms with Gasteiger partial charge < -0.3 is 0 Å². The molecule has 1 spiro atoms. The van der Waals surface area contributed by atoms with Crippen LogP contribution in [0.3, 0.4) is 0 Å². The van der Waals surface area contributed by atoms with Gasteiger partial charge in [-0.3, -0.25) is 9.59 Å². The van der Waals surface area contributed by atoms with Crippen molar-refractivity contribution in [2.24, 2.45) is 11.8 Å². The number of carbonyl (C=O) groups is 2. The van der Waals surface area contributed by atoms with Gasteiger partial charge in [-0.15, -0.1) is 0 Å². The molecule has 1 heterocycles. The summed E-state index contributed by atoms with van der Waals surface area (Å²) in [6, 6.07) is 30.1. The molecule has 0 amide bonds. The number of rotatable bonds is 4. The molecule has 37 heavy (non-hydrogen) atoms. The van der Waals surface area contributed by atoms with Crippen LogP contribution in [-0.4, -0.2) is 21.5 Å². The van der Waals surface area contributed by atoms with Gasteiger partial charge in [0.2, 0.25) is 0 Å². The van der Waals surface area contributed by atoms with Gasteiger partial charge in [0.15, 0.2) is 11.6 Å². The maximum Gasteiger partial charge on any atom is 0.168 e. The Bertz CT molecular complexity index is 1680. The molecule has 1 aromatic heterocycles. The summed E-state index contributed by atoms with van der Waals surface area (Å²) < 4.78 is 0. The molecule has 0 unspecified atom stereocenters. The van der Waals surface area contributed by atoms with Crippen LogP contribution in [-0.2, 0) is 5.41 Å². The van der Waals surface area contributed by atoms with Crippen LogP contribution in [0.15, 0.2) is 97.1 Å². The van der Waals surface area contributed by atoms with Crippen LogP contribution in [0.1, 0.15) is 37.5 Å². The van der Waals surface area contributed by atoms with E-state index in [9.17, 15) is 9.59 Å². The van der Waals surface area contributed by atoms with Crippen LogP contribution >= 0.6 is 11.6 Å². The summed E-state index contributed by atoms with van der Waals surface area (Å²) >= 11 is 6.11. The average molecular weight is 501 g/mol. The molecule has 4 nitrogen and oxygen atoms in total. The van der Waals surface area contributed by atoms with Crippen molar-refractivity contribution in [1.29, 1.82) is 0 Å². The van der Waals surface area contributed by atoms with Crippen molar-refractivity contribution < 1.29 is 9.59 Å². The van der Waals surface area contributed by atoms with E-state index in [-0.39, 0.29) is 11.6 Å². The third kappa shape index (κ3) is 3.09. The fourth-order valence-electron chi connectivity index (χ4n) is 6.08. The lowest BCUT2D eigenvalue weighted by Crippen LogP contribution is -2.18. The number of fused-ring (bicyclic) bond motifs is 6. The zero-order valence-corrected chi connectivity index (χ0v) is 20.7. The van der Waals surface area contributed by atoms with Crippen molar-refractivity contribution in [2.75, 3.05) is 0 Å². The van der Waals surface area contributed by atoms with Gasteiger partial charge in [0.25, 0.3) is 0 Å². The van der Waals surface area contributed by atoms with Crippen molar-refractivity contribution in [3.05, 3.63) is 130 Å². The average Bonchev–Trinajstić information content (AvgIpc) is 3.55. The monoisotopic (exact) mass is 500 g/mol. The van der Waals surface area contributed by atoms with E-state index >= 15 is 0 Å². The van der Waals surface area contributed by atoms with Gasteiger partial charge in [0.05, 0.1) is 27.8 Å². The third-order valence-electron chi connectivity index (χ3n) is 7.83. The van der Waals surface area contributed by atoms with Crippen molar-refractivity contribution >= 4 is 34.2 Å². The molecule has 0 N–H and O–H groups in total. The Balaban J connectivity index is 1.48. The minimum absolute atomic E-state index is 0.0510. The van der Waals surface area contributed by atoms with Crippen LogP contribution in [0.25, 0.3) is 22.3 Å². The Morgan fingerprint density at radius 3 is 1.89 bits per heavy atom. The molecule has 0 aliphatic heterocycles. The van der Waals surface area contributed by atoms with Gasteiger partial charge in [-0.05, 0) is 48.9 Å². The first-order chi connectivity index (χ1) is 18.0. The number of nitrogens with zero attached hydrogens (tertiary/aromatic N) is 2. The highest BCUT2D eigenvalue weighted by Gasteiger charge is 2.76. The number of hydrogen-bond acceptors (Lipinski definition) is 4. The molecule has 1 fully saturated rings. The van der Waals surface area contributed by atoms with Crippen LogP contribution < -0.4 is 0 Å². The molecule has 2 aliphatic carbocycles. The molecule has 2 aliphatic rings. The summed E-state index contributed by atoms with van der Waals surface area (Å²) in [5.74, 6) is -1.32. The Morgan fingerprint density at radius 1 is 0.703 bits per heavy atom. The first-order valence-corrected chi connectivity index (χ1v) is 12.7. The topological polar surface area (TPSA) is 59.9 Å². The normalized spacial score (nSPS) is 21.0. The Hall–Kier alpha value is -4.15. The molecule has 5 heteroatoms. The number of para-hydroxylation sites is 2. The lowest BCUT2D eigenvalue weighted by Gasteiger charge is -2.14. The van der Waals surface area contributed by atoms with Gasteiger partial charge in [-0.2, -0.15) is 0 Å². The minimum Gasteiger partial charge on any atom is -0.294 e. The summed E-state index contributed by atoms with van der Waals surface area (Å²) in [4.78, 5) is 38.3. The van der Waals surface area contributed by atoms with E-state index in [0.29, 0.717) is 21.8 Å². The van der Waals surface area contributed by atoms with E-state index in [1.165, 1.54) is 0 Å². The second kappa shape index (κ2) is 7.92. The maximum absolute atomic E-state index is 14.1. The summed E-state index contributed by atoms with van der Waals surface area (Å²) in [6.07, 6.45) is 0. The first kappa shape index (κ1) is 22.1. The van der Waals surface area contributed by atoms with E-state index in [1.54, 1.807) is 24.3 Å². The molecule has 1 saturated carbocycles. The van der Waals surface area contributed by atoms with Crippen LogP contribution in [0, 0.1) is 18.8 Å². The molecule has 3 atom stereocenters. The standard InChI is InChI=1S/C32H21ClN2O2/c1-18-10-12-19(13-11-18)29(36)26-27(30(37)20-14-16-21(33)17-15-20)32(26)23-7-3-2-6-22(23)28-31(32)35-25-9-5-4-8-24(25)34-28/h2-17,26-27H,1H3/t26-,27-,32+/m0/s1. The minimum atomic E-state index is -0.873. The number of benzene rings is 4. The summed E-state index contributed by atoms with van der Waals surface area (Å²) in [6.45, 7) is 1.99. The maximum atomic E-state index is 14.1. The van der Waals surface area contributed by atoms with Crippen molar-refractivity contribution in [2.45, 2.75) is 12.3 Å². The number of ketones is 2. The second-order valence-corrected chi connectivity index (χ2v) is 10.3. The summed E-state index contributed by atoms with van der Waals surface area (Å²) in [5, 5.41) is 0.559. The molecule has 178 valence electrons. The molecular formula is C32H21ClN2O2. The van der Waals surface area contributed by atoms with Gasteiger partial charge in [0.1, 0.15) is 0 Å². The van der Waals surface area contributed by atoms with Crippen LogP contribution in [0.4, 0.5) is 0 Å². The number of aromatic nitrogens is 2. The smallest absolute Gasteiger partial charge is 0.168 e. The quantitative estimate of drug-likeness (QED) is 0.253. The van der Waals surface area contributed by atoms with E-state index < -0.39 is 17.3 Å². The highest BCUT2D eigenvalue weighted by atomic mass is 35.5. The van der Waals surface area contributed by atoms with E-state index in [1.807, 2.05) is 79.7 Å². The van der Waals surface area contributed by atoms with Gasteiger partial charge >= 0.3 is 0 Å². The molecule has 0 radical (unpaired) electrons. The molecule has 5 aromatic rings. The summed E-state index contributed by atoms with van der Waals surface area (Å²) in [5.41, 5.74) is 6.21. The fraction of sp³-hybridized carbons (Fsp3) is 0.125. The highest BCUT2D eigenvalue weighted by molar-refractivity contribution is 6.30. The van der Waals surface area contributed by atoms with Crippen LogP contribution in [0.2, 0.25) is 5.02 Å². The lowest BCUT2D eigenvalue weighted by atomic mass is 9.89. The number of halogens is 1. The Morgan fingerprint density at radius 2 is 1.24 bits per heavy atom. The fourth-order valence-corrected chi connectivity index (χ4v) is 6.21. The number of hydrogen-bond donors (Lipinski definition) is 0. The van der Waals surface area contributed by atoms with Crippen LogP contribution in [0.5, 0.6) is 0 Å². The van der Waals surface area contributed by atoms with E-state index in [2.05, 4.69) is 0 Å². The van der Waals surface area contributed by atoms with Gasteiger partial charge in [-0.1, -0.05) is 77.8 Å². The van der Waals surface area contributed by atoms with E-state index in [4.69, 9.17) is 21.6 Å².